The average molecular weight is 428 g/mol. The van der Waals surface area contributed by atoms with Gasteiger partial charge in [0.15, 0.2) is 0 Å². The zero-order valence-corrected chi connectivity index (χ0v) is 18.1. The highest BCUT2D eigenvalue weighted by molar-refractivity contribution is 5.54. The summed E-state index contributed by atoms with van der Waals surface area (Å²) in [7, 11) is 1.66. The first kappa shape index (κ1) is 20.1. The van der Waals surface area contributed by atoms with E-state index in [1.807, 2.05) is 47.3 Å². The van der Waals surface area contributed by atoms with Crippen molar-refractivity contribution in [1.82, 2.24) is 29.6 Å². The van der Waals surface area contributed by atoms with Crippen molar-refractivity contribution in [3.8, 4) is 22.8 Å². The number of nitrogens with zero attached hydrogens (tertiary/aromatic N) is 5. The highest BCUT2D eigenvalue weighted by Crippen LogP contribution is 2.22. The van der Waals surface area contributed by atoms with Gasteiger partial charge in [0, 0.05) is 55.3 Å². The normalized spacial score (nSPS) is 13.7. The number of rotatable bonds is 5. The first-order valence-electron chi connectivity index (χ1n) is 10.5. The van der Waals surface area contributed by atoms with E-state index in [-0.39, 0.29) is 5.56 Å². The lowest BCUT2D eigenvalue weighted by atomic mass is 10.1. The molecule has 3 aromatic heterocycles. The van der Waals surface area contributed by atoms with Gasteiger partial charge in [-0.3, -0.25) is 14.7 Å². The van der Waals surface area contributed by atoms with Crippen LogP contribution in [0.15, 0.2) is 59.8 Å². The van der Waals surface area contributed by atoms with Gasteiger partial charge in [-0.05, 0) is 43.3 Å². The molecule has 8 nitrogen and oxygen atoms in total. The van der Waals surface area contributed by atoms with Crippen molar-refractivity contribution in [2.45, 2.75) is 26.4 Å². The molecule has 1 aromatic carbocycles. The lowest BCUT2D eigenvalue weighted by Gasteiger charge is -2.27. The van der Waals surface area contributed by atoms with Crippen molar-refractivity contribution < 1.29 is 4.74 Å². The standard InChI is InChI=1S/C24H24N6O2/c1-16-18(13-26-30(16)19-3-5-20(32-2)6-4-19)14-29-12-9-22-21(15-29)24(31)28-23(27-22)17-7-10-25-11-8-17/h3-8,10-11,13H,9,12,14-15H2,1-2H3,(H,27,28,31). The summed E-state index contributed by atoms with van der Waals surface area (Å²) in [4.78, 5) is 26.8. The second-order valence-corrected chi connectivity index (χ2v) is 7.90. The fourth-order valence-electron chi connectivity index (χ4n) is 4.09. The van der Waals surface area contributed by atoms with Gasteiger partial charge in [-0.2, -0.15) is 5.10 Å². The Bertz CT molecular complexity index is 1290. The van der Waals surface area contributed by atoms with Crippen LogP contribution in [0.25, 0.3) is 17.1 Å². The number of fused-ring (bicyclic) bond motifs is 1. The van der Waals surface area contributed by atoms with E-state index in [1.54, 1.807) is 19.5 Å². The molecular formula is C24H24N6O2. The molecule has 0 aliphatic carbocycles. The van der Waals surface area contributed by atoms with E-state index in [0.717, 1.165) is 59.0 Å². The number of H-pyrrole nitrogens is 1. The molecule has 4 aromatic rings. The smallest absolute Gasteiger partial charge is 0.255 e. The molecule has 0 unspecified atom stereocenters. The molecule has 5 rings (SSSR count). The number of aromatic nitrogens is 5. The third-order valence-corrected chi connectivity index (χ3v) is 5.92. The van der Waals surface area contributed by atoms with Gasteiger partial charge in [-0.25, -0.2) is 9.67 Å². The van der Waals surface area contributed by atoms with E-state index < -0.39 is 0 Å². The van der Waals surface area contributed by atoms with Crippen LogP contribution in [0.1, 0.15) is 22.5 Å². The van der Waals surface area contributed by atoms with Crippen molar-refractivity contribution >= 4 is 0 Å². The Kier molecular flexibility index (Phi) is 5.28. The summed E-state index contributed by atoms with van der Waals surface area (Å²) in [6, 6.07) is 11.5. The Balaban J connectivity index is 1.35. The van der Waals surface area contributed by atoms with E-state index in [4.69, 9.17) is 9.72 Å². The molecule has 32 heavy (non-hydrogen) atoms. The molecule has 1 aliphatic rings. The summed E-state index contributed by atoms with van der Waals surface area (Å²) in [6.07, 6.45) is 6.04. The summed E-state index contributed by atoms with van der Waals surface area (Å²) in [5.41, 5.74) is 5.63. The molecule has 0 spiro atoms. The van der Waals surface area contributed by atoms with Gasteiger partial charge in [-0.15, -0.1) is 0 Å². The first-order chi connectivity index (χ1) is 15.6. The molecule has 0 atom stereocenters. The van der Waals surface area contributed by atoms with E-state index in [2.05, 4.69) is 26.9 Å². The van der Waals surface area contributed by atoms with E-state index >= 15 is 0 Å². The van der Waals surface area contributed by atoms with Crippen LogP contribution in [-0.4, -0.2) is 43.3 Å². The second kappa shape index (κ2) is 8.39. The van der Waals surface area contributed by atoms with Crippen molar-refractivity contribution in [3.63, 3.8) is 0 Å². The maximum absolute atomic E-state index is 12.8. The van der Waals surface area contributed by atoms with Crippen LogP contribution in [0, 0.1) is 6.92 Å². The highest BCUT2D eigenvalue weighted by Gasteiger charge is 2.23. The quantitative estimate of drug-likeness (QED) is 0.526. The molecule has 1 aliphatic heterocycles. The molecular weight excluding hydrogens is 404 g/mol. The lowest BCUT2D eigenvalue weighted by Crippen LogP contribution is -2.35. The second-order valence-electron chi connectivity index (χ2n) is 7.90. The number of hydrogen-bond donors (Lipinski definition) is 1. The maximum Gasteiger partial charge on any atom is 0.255 e. The third-order valence-electron chi connectivity index (χ3n) is 5.92. The minimum absolute atomic E-state index is 0.0721. The molecule has 0 saturated carbocycles. The summed E-state index contributed by atoms with van der Waals surface area (Å²) >= 11 is 0. The Hall–Kier alpha value is -3.78. The van der Waals surface area contributed by atoms with Gasteiger partial charge in [0.05, 0.1) is 30.3 Å². The van der Waals surface area contributed by atoms with Gasteiger partial charge in [0.2, 0.25) is 0 Å². The van der Waals surface area contributed by atoms with Gasteiger partial charge >= 0.3 is 0 Å². The molecule has 4 heterocycles. The van der Waals surface area contributed by atoms with Gasteiger partial charge in [-0.1, -0.05) is 0 Å². The molecule has 1 N–H and O–H groups in total. The van der Waals surface area contributed by atoms with E-state index in [0.29, 0.717) is 12.4 Å². The van der Waals surface area contributed by atoms with Crippen molar-refractivity contribution in [1.29, 1.82) is 0 Å². The zero-order valence-electron chi connectivity index (χ0n) is 18.1. The number of nitrogens with one attached hydrogen (secondary N) is 1. The van der Waals surface area contributed by atoms with Crippen molar-refractivity contribution in [2.75, 3.05) is 13.7 Å². The molecule has 0 bridgehead atoms. The Labute approximate surface area is 185 Å². The Morgan fingerprint density at radius 2 is 1.91 bits per heavy atom. The topological polar surface area (TPSA) is 88.9 Å². The predicted octanol–water partition coefficient (Wildman–Crippen LogP) is 2.89. The summed E-state index contributed by atoms with van der Waals surface area (Å²) in [5, 5.41) is 4.58. The molecule has 8 heteroatoms. The fourth-order valence-corrected chi connectivity index (χ4v) is 4.09. The van der Waals surface area contributed by atoms with Crippen molar-refractivity contribution in [3.05, 3.63) is 87.9 Å². The average Bonchev–Trinajstić information content (AvgIpc) is 3.19. The number of aromatic amines is 1. The number of methoxy groups -OCH3 is 1. The summed E-state index contributed by atoms with van der Waals surface area (Å²) < 4.78 is 7.17. The van der Waals surface area contributed by atoms with Crippen LogP contribution in [0.3, 0.4) is 0 Å². The van der Waals surface area contributed by atoms with Crippen LogP contribution < -0.4 is 10.3 Å². The van der Waals surface area contributed by atoms with Crippen LogP contribution in [0.5, 0.6) is 5.75 Å². The van der Waals surface area contributed by atoms with Crippen LogP contribution in [0.4, 0.5) is 0 Å². The maximum atomic E-state index is 12.8. The lowest BCUT2D eigenvalue weighted by molar-refractivity contribution is 0.241. The first-order valence-corrected chi connectivity index (χ1v) is 10.5. The van der Waals surface area contributed by atoms with E-state index in [9.17, 15) is 4.79 Å². The van der Waals surface area contributed by atoms with Crippen LogP contribution in [-0.2, 0) is 19.5 Å². The molecule has 0 fully saturated rings. The monoisotopic (exact) mass is 428 g/mol. The summed E-state index contributed by atoms with van der Waals surface area (Å²) in [6.45, 7) is 4.21. The van der Waals surface area contributed by atoms with Gasteiger partial charge < -0.3 is 9.72 Å². The number of ether oxygens (including phenoxy) is 1. The largest absolute Gasteiger partial charge is 0.497 e. The van der Waals surface area contributed by atoms with Crippen LogP contribution >= 0.6 is 0 Å². The molecule has 0 amide bonds. The van der Waals surface area contributed by atoms with E-state index in [1.165, 1.54) is 0 Å². The molecule has 0 radical (unpaired) electrons. The zero-order chi connectivity index (χ0) is 22.1. The molecule has 162 valence electrons. The number of hydrogen-bond acceptors (Lipinski definition) is 6. The highest BCUT2D eigenvalue weighted by atomic mass is 16.5. The third kappa shape index (κ3) is 3.80. The van der Waals surface area contributed by atoms with Crippen molar-refractivity contribution in [2.24, 2.45) is 0 Å². The number of benzene rings is 1. The minimum Gasteiger partial charge on any atom is -0.497 e. The summed E-state index contributed by atoms with van der Waals surface area (Å²) in [5.74, 6) is 1.41. The van der Waals surface area contributed by atoms with Gasteiger partial charge in [0.25, 0.3) is 5.56 Å². The van der Waals surface area contributed by atoms with Gasteiger partial charge in [0.1, 0.15) is 11.6 Å². The number of pyridine rings is 1. The van der Waals surface area contributed by atoms with Crippen LogP contribution in [0.2, 0.25) is 0 Å². The Morgan fingerprint density at radius 1 is 1.12 bits per heavy atom. The minimum atomic E-state index is -0.0721. The SMILES string of the molecule is COc1ccc(-n2ncc(CN3CCc4nc(-c5ccncc5)[nH]c(=O)c4C3)c2C)cc1. The predicted molar refractivity (Wildman–Crippen MR) is 121 cm³/mol. The Morgan fingerprint density at radius 3 is 2.66 bits per heavy atom. The molecule has 0 saturated heterocycles. The fraction of sp³-hybridized carbons (Fsp3) is 0.250.